The molecule has 0 radical (unpaired) electrons. The number of carbonyl (C=O) groups excluding carboxylic acids is 2. The van der Waals surface area contributed by atoms with Crippen LogP contribution in [-0.2, 0) is 6.54 Å². The number of urea groups is 1. The molecule has 2 rings (SSSR count). The van der Waals surface area contributed by atoms with Crippen LogP contribution in [0.1, 0.15) is 15.9 Å². The van der Waals surface area contributed by atoms with E-state index in [9.17, 15) is 14.0 Å². The number of amides is 3. The lowest BCUT2D eigenvalue weighted by molar-refractivity contribution is 0.0931. The van der Waals surface area contributed by atoms with Gasteiger partial charge in [-0.25, -0.2) is 14.6 Å². The van der Waals surface area contributed by atoms with Crippen molar-refractivity contribution in [3.05, 3.63) is 71.5 Å². The molecule has 0 fully saturated rings. The average Bonchev–Trinajstić information content (AvgIpc) is 2.55. The van der Waals surface area contributed by atoms with Gasteiger partial charge < -0.3 is 4.90 Å². The van der Waals surface area contributed by atoms with Crippen molar-refractivity contribution in [2.75, 3.05) is 7.05 Å². The van der Waals surface area contributed by atoms with Gasteiger partial charge in [0.15, 0.2) is 0 Å². The summed E-state index contributed by atoms with van der Waals surface area (Å²) in [7, 11) is 1.58. The molecular formula is C16H16FN3O2. The lowest BCUT2D eigenvalue weighted by Crippen LogP contribution is -2.47. The maximum Gasteiger partial charge on any atom is 0.336 e. The van der Waals surface area contributed by atoms with E-state index >= 15 is 0 Å². The highest BCUT2D eigenvalue weighted by atomic mass is 19.1. The largest absolute Gasteiger partial charge is 0.336 e. The van der Waals surface area contributed by atoms with E-state index in [-0.39, 0.29) is 5.82 Å². The minimum absolute atomic E-state index is 0.299. The van der Waals surface area contributed by atoms with Crippen LogP contribution in [0.5, 0.6) is 0 Å². The van der Waals surface area contributed by atoms with Gasteiger partial charge in [-0.15, -0.1) is 0 Å². The zero-order valence-corrected chi connectivity index (χ0v) is 12.0. The van der Waals surface area contributed by atoms with Crippen LogP contribution in [0.15, 0.2) is 54.6 Å². The number of hydrogen-bond donors (Lipinski definition) is 2. The summed E-state index contributed by atoms with van der Waals surface area (Å²) in [5.74, 6) is -0.727. The molecule has 2 aromatic rings. The number of nitrogens with zero attached hydrogens (tertiary/aromatic N) is 1. The van der Waals surface area contributed by atoms with E-state index in [1.807, 2.05) is 0 Å². The molecule has 0 aliphatic carbocycles. The van der Waals surface area contributed by atoms with Crippen LogP contribution in [0.2, 0.25) is 0 Å². The quantitative estimate of drug-likeness (QED) is 0.855. The highest BCUT2D eigenvalue weighted by Gasteiger charge is 2.11. The molecular weight excluding hydrogens is 285 g/mol. The van der Waals surface area contributed by atoms with Crippen molar-refractivity contribution < 1.29 is 14.0 Å². The van der Waals surface area contributed by atoms with Crippen molar-refractivity contribution in [2.24, 2.45) is 0 Å². The van der Waals surface area contributed by atoms with Gasteiger partial charge in [-0.3, -0.25) is 10.2 Å². The Kier molecular flexibility index (Phi) is 5.08. The van der Waals surface area contributed by atoms with E-state index in [2.05, 4.69) is 10.9 Å². The zero-order valence-electron chi connectivity index (χ0n) is 12.0. The Labute approximate surface area is 127 Å². The predicted molar refractivity (Wildman–Crippen MR) is 80.3 cm³/mol. The topological polar surface area (TPSA) is 61.4 Å². The molecule has 2 N–H and O–H groups in total. The van der Waals surface area contributed by atoms with Crippen molar-refractivity contribution in [2.45, 2.75) is 6.54 Å². The van der Waals surface area contributed by atoms with E-state index in [1.54, 1.807) is 49.5 Å². The molecule has 0 bridgehead atoms. The molecule has 0 heterocycles. The monoisotopic (exact) mass is 301 g/mol. The lowest BCUT2D eigenvalue weighted by atomic mass is 10.2. The number of carbonyl (C=O) groups is 2. The molecule has 2 aromatic carbocycles. The number of benzene rings is 2. The van der Waals surface area contributed by atoms with Gasteiger partial charge in [0, 0.05) is 19.2 Å². The summed E-state index contributed by atoms with van der Waals surface area (Å²) in [6.45, 7) is 0.299. The Hall–Kier alpha value is -2.89. The molecule has 22 heavy (non-hydrogen) atoms. The second-order valence-electron chi connectivity index (χ2n) is 4.73. The first-order valence-corrected chi connectivity index (χ1v) is 6.67. The Bertz CT molecular complexity index is 644. The maximum atomic E-state index is 12.8. The SMILES string of the molecule is CN(Cc1ccc(F)cc1)C(=O)NNC(=O)c1ccccc1. The fourth-order valence-corrected chi connectivity index (χ4v) is 1.80. The van der Waals surface area contributed by atoms with Crippen LogP contribution in [0, 0.1) is 5.82 Å². The van der Waals surface area contributed by atoms with Crippen molar-refractivity contribution in [1.29, 1.82) is 0 Å². The predicted octanol–water partition coefficient (Wildman–Crippen LogP) is 2.31. The molecule has 0 aliphatic rings. The summed E-state index contributed by atoms with van der Waals surface area (Å²) in [5, 5.41) is 0. The molecule has 5 nitrogen and oxygen atoms in total. The number of rotatable bonds is 3. The van der Waals surface area contributed by atoms with E-state index in [0.717, 1.165) is 5.56 Å². The highest BCUT2D eigenvalue weighted by molar-refractivity contribution is 5.95. The Morgan fingerprint density at radius 3 is 2.27 bits per heavy atom. The molecule has 0 spiro atoms. The van der Waals surface area contributed by atoms with Crippen LogP contribution in [-0.4, -0.2) is 23.9 Å². The average molecular weight is 301 g/mol. The van der Waals surface area contributed by atoms with Gasteiger partial charge in [-0.05, 0) is 29.8 Å². The fourth-order valence-electron chi connectivity index (χ4n) is 1.80. The molecule has 0 atom stereocenters. The van der Waals surface area contributed by atoms with Gasteiger partial charge in [-0.2, -0.15) is 0 Å². The summed E-state index contributed by atoms with van der Waals surface area (Å²) in [6, 6.07) is 13.9. The van der Waals surface area contributed by atoms with Gasteiger partial charge in [-0.1, -0.05) is 30.3 Å². The van der Waals surface area contributed by atoms with Crippen LogP contribution in [0.25, 0.3) is 0 Å². The van der Waals surface area contributed by atoms with Crippen molar-refractivity contribution in [3.63, 3.8) is 0 Å². The first-order valence-electron chi connectivity index (χ1n) is 6.67. The Morgan fingerprint density at radius 2 is 1.64 bits per heavy atom. The van der Waals surface area contributed by atoms with E-state index in [0.29, 0.717) is 12.1 Å². The summed E-state index contributed by atoms with van der Waals surface area (Å²) in [5.41, 5.74) is 5.89. The molecule has 0 saturated heterocycles. The van der Waals surface area contributed by atoms with E-state index in [1.165, 1.54) is 17.0 Å². The third kappa shape index (κ3) is 4.31. The zero-order chi connectivity index (χ0) is 15.9. The Morgan fingerprint density at radius 1 is 1.00 bits per heavy atom. The van der Waals surface area contributed by atoms with Crippen LogP contribution in [0.4, 0.5) is 9.18 Å². The van der Waals surface area contributed by atoms with Gasteiger partial charge in [0.25, 0.3) is 5.91 Å². The third-order valence-electron chi connectivity index (χ3n) is 3.00. The minimum atomic E-state index is -0.464. The summed E-state index contributed by atoms with van der Waals surface area (Å²) in [6.07, 6.45) is 0. The number of hydrazine groups is 1. The molecule has 114 valence electrons. The molecule has 3 amide bonds. The highest BCUT2D eigenvalue weighted by Crippen LogP contribution is 2.05. The standard InChI is InChI=1S/C16H16FN3O2/c1-20(11-12-7-9-14(17)10-8-12)16(22)19-18-15(21)13-5-3-2-4-6-13/h2-10H,11H2,1H3,(H,18,21)(H,19,22). The van der Waals surface area contributed by atoms with Crippen LogP contribution >= 0.6 is 0 Å². The van der Waals surface area contributed by atoms with Gasteiger partial charge in [0.1, 0.15) is 5.82 Å². The van der Waals surface area contributed by atoms with Gasteiger partial charge in [0.05, 0.1) is 0 Å². The molecule has 0 saturated carbocycles. The van der Waals surface area contributed by atoms with Gasteiger partial charge >= 0.3 is 6.03 Å². The number of hydrogen-bond acceptors (Lipinski definition) is 2. The first kappa shape index (κ1) is 15.5. The normalized spacial score (nSPS) is 9.91. The van der Waals surface area contributed by atoms with E-state index in [4.69, 9.17) is 0 Å². The summed E-state index contributed by atoms with van der Waals surface area (Å²) in [4.78, 5) is 25.0. The molecule has 0 aromatic heterocycles. The van der Waals surface area contributed by atoms with Crippen LogP contribution < -0.4 is 10.9 Å². The maximum absolute atomic E-state index is 12.8. The summed E-state index contributed by atoms with van der Waals surface area (Å²) < 4.78 is 12.8. The molecule has 0 aliphatic heterocycles. The lowest BCUT2D eigenvalue weighted by Gasteiger charge is -2.18. The van der Waals surface area contributed by atoms with E-state index < -0.39 is 11.9 Å². The van der Waals surface area contributed by atoms with Crippen LogP contribution in [0.3, 0.4) is 0 Å². The van der Waals surface area contributed by atoms with Crippen molar-refractivity contribution in [3.8, 4) is 0 Å². The second-order valence-corrected chi connectivity index (χ2v) is 4.73. The van der Waals surface area contributed by atoms with Crippen molar-refractivity contribution in [1.82, 2.24) is 15.8 Å². The van der Waals surface area contributed by atoms with Crippen molar-refractivity contribution >= 4 is 11.9 Å². The van der Waals surface area contributed by atoms with Gasteiger partial charge in [0.2, 0.25) is 0 Å². The molecule has 6 heteroatoms. The minimum Gasteiger partial charge on any atom is -0.322 e. The number of halogens is 1. The third-order valence-corrected chi connectivity index (χ3v) is 3.00. The fraction of sp³-hybridized carbons (Fsp3) is 0.125. The smallest absolute Gasteiger partial charge is 0.322 e. The Balaban J connectivity index is 1.84. The second kappa shape index (κ2) is 7.21. The molecule has 0 unspecified atom stereocenters. The first-order chi connectivity index (χ1) is 10.6. The summed E-state index contributed by atoms with van der Waals surface area (Å²) >= 11 is 0. The number of nitrogens with one attached hydrogen (secondary N) is 2.